The zero-order valence-electron chi connectivity index (χ0n) is 10.2. The molecular formula is C13H15N3O2. The van der Waals surface area contributed by atoms with Crippen LogP contribution in [0, 0.1) is 0 Å². The van der Waals surface area contributed by atoms with Gasteiger partial charge in [-0.3, -0.25) is 0 Å². The zero-order chi connectivity index (χ0) is 12.5. The van der Waals surface area contributed by atoms with E-state index >= 15 is 0 Å². The summed E-state index contributed by atoms with van der Waals surface area (Å²) in [5, 5.41) is 18.0. The van der Waals surface area contributed by atoms with Crippen molar-refractivity contribution in [2.24, 2.45) is 0 Å². The van der Waals surface area contributed by atoms with E-state index in [1.54, 1.807) is 7.11 Å². The first kappa shape index (κ1) is 11.2. The minimum Gasteiger partial charge on any atom is -0.497 e. The van der Waals surface area contributed by atoms with Gasteiger partial charge in [0.2, 0.25) is 0 Å². The maximum Gasteiger partial charge on any atom is 0.164 e. The molecule has 2 heterocycles. The van der Waals surface area contributed by atoms with E-state index in [0.29, 0.717) is 6.42 Å². The monoisotopic (exact) mass is 245 g/mol. The molecule has 1 aliphatic heterocycles. The van der Waals surface area contributed by atoms with Crippen molar-refractivity contribution in [3.8, 4) is 17.1 Å². The molecule has 1 aromatic carbocycles. The van der Waals surface area contributed by atoms with Crippen LogP contribution in [0.5, 0.6) is 5.75 Å². The lowest BCUT2D eigenvalue weighted by atomic mass is 10.1. The normalized spacial score (nSPS) is 18.4. The van der Waals surface area contributed by atoms with Crippen molar-refractivity contribution in [1.82, 2.24) is 14.8 Å². The van der Waals surface area contributed by atoms with Gasteiger partial charge < -0.3 is 14.4 Å². The van der Waals surface area contributed by atoms with Crippen LogP contribution in [0.3, 0.4) is 0 Å². The molecule has 0 amide bonds. The Labute approximate surface area is 105 Å². The summed E-state index contributed by atoms with van der Waals surface area (Å²) in [6.07, 6.45) is 1.04. The third kappa shape index (κ3) is 1.86. The Hall–Kier alpha value is -1.88. The van der Waals surface area contributed by atoms with Crippen LogP contribution in [0.25, 0.3) is 11.4 Å². The Morgan fingerprint density at radius 1 is 1.39 bits per heavy atom. The minimum absolute atomic E-state index is 0.292. The quantitative estimate of drug-likeness (QED) is 0.865. The maximum atomic E-state index is 9.62. The Kier molecular flexibility index (Phi) is 2.76. The molecule has 0 spiro atoms. The summed E-state index contributed by atoms with van der Waals surface area (Å²) in [6, 6.07) is 7.78. The van der Waals surface area contributed by atoms with E-state index in [0.717, 1.165) is 35.9 Å². The van der Waals surface area contributed by atoms with Crippen molar-refractivity contribution in [3.05, 3.63) is 30.1 Å². The third-order valence-electron chi connectivity index (χ3n) is 3.26. The SMILES string of the molecule is COc1cccc(-c2nnc3n2CCC(O)C3)c1. The van der Waals surface area contributed by atoms with Crippen molar-refractivity contribution >= 4 is 0 Å². The first-order valence-corrected chi connectivity index (χ1v) is 6.02. The summed E-state index contributed by atoms with van der Waals surface area (Å²) in [5.41, 5.74) is 0.990. The molecule has 1 aliphatic rings. The highest BCUT2D eigenvalue weighted by Gasteiger charge is 2.21. The van der Waals surface area contributed by atoms with E-state index < -0.39 is 0 Å². The number of nitrogens with zero attached hydrogens (tertiary/aromatic N) is 3. The molecule has 3 rings (SSSR count). The molecule has 18 heavy (non-hydrogen) atoms. The van der Waals surface area contributed by atoms with Crippen LogP contribution in [0.1, 0.15) is 12.2 Å². The standard InChI is InChI=1S/C13H15N3O2/c1-18-11-4-2-3-9(7-11)13-15-14-12-8-10(17)5-6-16(12)13/h2-4,7,10,17H,5-6,8H2,1H3. The second kappa shape index (κ2) is 4.42. The van der Waals surface area contributed by atoms with E-state index in [2.05, 4.69) is 14.8 Å². The van der Waals surface area contributed by atoms with Gasteiger partial charge in [-0.15, -0.1) is 10.2 Å². The highest BCUT2D eigenvalue weighted by atomic mass is 16.5. The van der Waals surface area contributed by atoms with Crippen molar-refractivity contribution < 1.29 is 9.84 Å². The lowest BCUT2D eigenvalue weighted by Gasteiger charge is -2.19. The fraction of sp³-hybridized carbons (Fsp3) is 0.385. The number of hydrogen-bond acceptors (Lipinski definition) is 4. The van der Waals surface area contributed by atoms with Crippen LogP contribution in [-0.2, 0) is 13.0 Å². The number of fused-ring (bicyclic) bond motifs is 1. The summed E-state index contributed by atoms with van der Waals surface area (Å²) in [6.45, 7) is 0.760. The Morgan fingerprint density at radius 2 is 2.28 bits per heavy atom. The topological polar surface area (TPSA) is 60.2 Å². The van der Waals surface area contributed by atoms with E-state index in [9.17, 15) is 5.11 Å². The smallest absolute Gasteiger partial charge is 0.164 e. The van der Waals surface area contributed by atoms with Crippen molar-refractivity contribution in [1.29, 1.82) is 0 Å². The summed E-state index contributed by atoms with van der Waals surface area (Å²) in [4.78, 5) is 0. The number of hydrogen-bond donors (Lipinski definition) is 1. The molecule has 1 aromatic heterocycles. The van der Waals surface area contributed by atoms with Gasteiger partial charge in [0.15, 0.2) is 5.82 Å². The molecule has 0 radical (unpaired) electrons. The fourth-order valence-corrected chi connectivity index (χ4v) is 2.29. The van der Waals surface area contributed by atoms with Gasteiger partial charge in [-0.1, -0.05) is 12.1 Å². The lowest BCUT2D eigenvalue weighted by molar-refractivity contribution is 0.142. The van der Waals surface area contributed by atoms with E-state index in [4.69, 9.17) is 4.74 Å². The Bertz CT molecular complexity index is 565. The van der Waals surface area contributed by atoms with Crippen LogP contribution in [0.4, 0.5) is 0 Å². The Balaban J connectivity index is 2.02. The minimum atomic E-state index is -0.292. The van der Waals surface area contributed by atoms with Crippen LogP contribution in [0.15, 0.2) is 24.3 Å². The van der Waals surface area contributed by atoms with Gasteiger partial charge in [0.05, 0.1) is 13.2 Å². The van der Waals surface area contributed by atoms with E-state index in [1.165, 1.54) is 0 Å². The van der Waals surface area contributed by atoms with Gasteiger partial charge in [0.1, 0.15) is 11.6 Å². The predicted molar refractivity (Wildman–Crippen MR) is 66.3 cm³/mol. The molecule has 94 valence electrons. The summed E-state index contributed by atoms with van der Waals surface area (Å²) >= 11 is 0. The number of rotatable bonds is 2. The number of methoxy groups -OCH3 is 1. The molecule has 0 aliphatic carbocycles. The molecule has 1 N–H and O–H groups in total. The molecule has 2 aromatic rings. The number of aliphatic hydroxyl groups is 1. The summed E-state index contributed by atoms with van der Waals surface area (Å²) < 4.78 is 7.29. The Morgan fingerprint density at radius 3 is 3.11 bits per heavy atom. The van der Waals surface area contributed by atoms with Crippen LogP contribution in [-0.4, -0.2) is 33.1 Å². The van der Waals surface area contributed by atoms with Gasteiger partial charge in [-0.25, -0.2) is 0 Å². The summed E-state index contributed by atoms with van der Waals surface area (Å²) in [5.74, 6) is 2.50. The predicted octanol–water partition coefficient (Wildman–Crippen LogP) is 1.26. The van der Waals surface area contributed by atoms with Crippen molar-refractivity contribution in [2.75, 3.05) is 7.11 Å². The van der Waals surface area contributed by atoms with Gasteiger partial charge in [0.25, 0.3) is 0 Å². The second-order valence-corrected chi connectivity index (χ2v) is 4.47. The summed E-state index contributed by atoms with van der Waals surface area (Å²) in [7, 11) is 1.65. The van der Waals surface area contributed by atoms with Gasteiger partial charge in [0, 0.05) is 18.5 Å². The molecular weight excluding hydrogens is 230 g/mol. The highest BCUT2D eigenvalue weighted by molar-refractivity contribution is 5.58. The maximum absolute atomic E-state index is 9.62. The number of aromatic nitrogens is 3. The number of benzene rings is 1. The van der Waals surface area contributed by atoms with Gasteiger partial charge in [-0.2, -0.15) is 0 Å². The van der Waals surface area contributed by atoms with Crippen LogP contribution >= 0.6 is 0 Å². The van der Waals surface area contributed by atoms with Gasteiger partial charge in [-0.05, 0) is 18.6 Å². The molecule has 0 bridgehead atoms. The van der Waals surface area contributed by atoms with Crippen molar-refractivity contribution in [3.63, 3.8) is 0 Å². The fourth-order valence-electron chi connectivity index (χ4n) is 2.29. The molecule has 1 atom stereocenters. The lowest BCUT2D eigenvalue weighted by Crippen LogP contribution is -2.23. The van der Waals surface area contributed by atoms with Crippen molar-refractivity contribution in [2.45, 2.75) is 25.5 Å². The molecule has 5 nitrogen and oxygen atoms in total. The van der Waals surface area contributed by atoms with Crippen LogP contribution in [0.2, 0.25) is 0 Å². The zero-order valence-corrected chi connectivity index (χ0v) is 10.2. The highest BCUT2D eigenvalue weighted by Crippen LogP contribution is 2.25. The molecule has 1 unspecified atom stereocenters. The number of ether oxygens (including phenoxy) is 1. The van der Waals surface area contributed by atoms with Crippen LogP contribution < -0.4 is 4.74 Å². The molecule has 0 saturated carbocycles. The van der Waals surface area contributed by atoms with E-state index in [-0.39, 0.29) is 6.10 Å². The largest absolute Gasteiger partial charge is 0.497 e. The third-order valence-corrected chi connectivity index (χ3v) is 3.26. The van der Waals surface area contributed by atoms with Gasteiger partial charge >= 0.3 is 0 Å². The second-order valence-electron chi connectivity index (χ2n) is 4.47. The van der Waals surface area contributed by atoms with E-state index in [1.807, 2.05) is 24.3 Å². The molecule has 0 fully saturated rings. The molecule has 5 heteroatoms. The average Bonchev–Trinajstić information content (AvgIpc) is 2.81. The number of aliphatic hydroxyl groups excluding tert-OH is 1. The molecule has 0 saturated heterocycles. The first-order chi connectivity index (χ1) is 8.78. The first-order valence-electron chi connectivity index (χ1n) is 6.02. The average molecular weight is 245 g/mol.